The standard InChI is InChI=1S/C11H17N3O4S/c1-7(9(15)12-3-4-18-2)13-5-8-6-19-10(14-8)11(16)17/h6-7,13H,3-5H2,1-2H3,(H,12,15)(H,16,17). The van der Waals surface area contributed by atoms with Crippen LogP contribution < -0.4 is 10.6 Å². The van der Waals surface area contributed by atoms with Crippen LogP contribution in [-0.2, 0) is 16.1 Å². The molecule has 1 atom stereocenters. The van der Waals surface area contributed by atoms with Crippen molar-refractivity contribution in [2.45, 2.75) is 19.5 Å². The van der Waals surface area contributed by atoms with Crippen molar-refractivity contribution in [3.63, 3.8) is 0 Å². The van der Waals surface area contributed by atoms with Crippen LogP contribution in [0.25, 0.3) is 0 Å². The number of carbonyl (C=O) groups is 2. The molecule has 0 aliphatic rings. The highest BCUT2D eigenvalue weighted by Crippen LogP contribution is 2.09. The Bertz CT molecular complexity index is 435. The Labute approximate surface area is 115 Å². The van der Waals surface area contributed by atoms with Crippen LogP contribution in [-0.4, -0.2) is 48.3 Å². The van der Waals surface area contributed by atoms with Gasteiger partial charge in [-0.1, -0.05) is 0 Å². The molecule has 0 fully saturated rings. The first-order chi connectivity index (χ1) is 9.04. The largest absolute Gasteiger partial charge is 0.476 e. The highest BCUT2D eigenvalue weighted by Gasteiger charge is 2.13. The van der Waals surface area contributed by atoms with E-state index in [2.05, 4.69) is 15.6 Å². The fourth-order valence-electron chi connectivity index (χ4n) is 1.27. The van der Waals surface area contributed by atoms with Crippen molar-refractivity contribution in [1.29, 1.82) is 0 Å². The lowest BCUT2D eigenvalue weighted by molar-refractivity contribution is -0.123. The van der Waals surface area contributed by atoms with Crippen molar-refractivity contribution in [3.05, 3.63) is 16.1 Å². The number of ether oxygens (including phenoxy) is 1. The average Bonchev–Trinajstić information content (AvgIpc) is 2.85. The second kappa shape index (κ2) is 7.82. The van der Waals surface area contributed by atoms with Crippen molar-refractivity contribution in [1.82, 2.24) is 15.6 Å². The van der Waals surface area contributed by atoms with Crippen LogP contribution in [0.1, 0.15) is 22.4 Å². The molecule has 3 N–H and O–H groups in total. The zero-order valence-corrected chi connectivity index (χ0v) is 11.6. The minimum Gasteiger partial charge on any atom is -0.476 e. The van der Waals surface area contributed by atoms with E-state index >= 15 is 0 Å². The summed E-state index contributed by atoms with van der Waals surface area (Å²) in [5.74, 6) is -1.17. The molecule has 106 valence electrons. The summed E-state index contributed by atoms with van der Waals surface area (Å²) in [5.41, 5.74) is 0.610. The van der Waals surface area contributed by atoms with Gasteiger partial charge in [0.1, 0.15) is 0 Å². The average molecular weight is 287 g/mol. The van der Waals surface area contributed by atoms with Gasteiger partial charge >= 0.3 is 5.97 Å². The summed E-state index contributed by atoms with van der Waals surface area (Å²) >= 11 is 1.07. The number of nitrogens with one attached hydrogen (secondary N) is 2. The number of carboxylic acids is 1. The van der Waals surface area contributed by atoms with E-state index in [1.807, 2.05) is 0 Å². The van der Waals surface area contributed by atoms with E-state index in [1.54, 1.807) is 19.4 Å². The maximum atomic E-state index is 11.6. The van der Waals surface area contributed by atoms with Gasteiger partial charge < -0.3 is 20.5 Å². The normalized spacial score (nSPS) is 12.1. The number of rotatable bonds is 8. The van der Waals surface area contributed by atoms with Crippen LogP contribution >= 0.6 is 11.3 Å². The quantitative estimate of drug-likeness (QED) is 0.586. The van der Waals surface area contributed by atoms with E-state index in [-0.39, 0.29) is 17.0 Å². The van der Waals surface area contributed by atoms with Crippen LogP contribution in [0, 0.1) is 0 Å². The third-order valence-electron chi connectivity index (χ3n) is 2.32. The van der Waals surface area contributed by atoms with Gasteiger partial charge in [-0.3, -0.25) is 4.79 Å². The second-order valence-corrected chi connectivity index (χ2v) is 4.69. The van der Waals surface area contributed by atoms with Crippen LogP contribution in [0.15, 0.2) is 5.38 Å². The first-order valence-corrected chi connectivity index (χ1v) is 6.60. The molecule has 0 bridgehead atoms. The molecular weight excluding hydrogens is 270 g/mol. The number of carbonyl (C=O) groups excluding carboxylic acids is 1. The fourth-order valence-corrected chi connectivity index (χ4v) is 1.92. The number of thiazole rings is 1. The number of hydrogen-bond donors (Lipinski definition) is 3. The lowest BCUT2D eigenvalue weighted by atomic mass is 10.3. The predicted molar refractivity (Wildman–Crippen MR) is 70.3 cm³/mol. The Morgan fingerprint density at radius 2 is 2.32 bits per heavy atom. The molecule has 1 aromatic heterocycles. The van der Waals surface area contributed by atoms with Crippen molar-refractivity contribution < 1.29 is 19.4 Å². The van der Waals surface area contributed by atoms with Gasteiger partial charge in [0.05, 0.1) is 18.3 Å². The van der Waals surface area contributed by atoms with Crippen molar-refractivity contribution in [2.24, 2.45) is 0 Å². The first-order valence-electron chi connectivity index (χ1n) is 5.72. The van der Waals surface area contributed by atoms with E-state index in [9.17, 15) is 9.59 Å². The number of carboxylic acid groups (broad SMARTS) is 1. The Morgan fingerprint density at radius 3 is 2.89 bits per heavy atom. The minimum absolute atomic E-state index is 0.0500. The Kier molecular flexibility index (Phi) is 6.40. The maximum absolute atomic E-state index is 11.6. The molecule has 0 radical (unpaired) electrons. The van der Waals surface area contributed by atoms with Gasteiger partial charge in [-0.15, -0.1) is 11.3 Å². The third-order valence-corrected chi connectivity index (χ3v) is 3.20. The number of hydrogen-bond acceptors (Lipinski definition) is 6. The van der Waals surface area contributed by atoms with Gasteiger partial charge in [0.15, 0.2) is 0 Å². The summed E-state index contributed by atoms with van der Waals surface area (Å²) in [6.07, 6.45) is 0. The topological polar surface area (TPSA) is 101 Å². The molecule has 1 unspecified atom stereocenters. The molecular formula is C11H17N3O4S. The lowest BCUT2D eigenvalue weighted by Gasteiger charge is -2.12. The lowest BCUT2D eigenvalue weighted by Crippen LogP contribution is -2.42. The summed E-state index contributed by atoms with van der Waals surface area (Å²) in [6, 6.07) is -0.383. The zero-order chi connectivity index (χ0) is 14.3. The number of methoxy groups -OCH3 is 1. The molecule has 8 heteroatoms. The molecule has 0 saturated heterocycles. The number of nitrogens with zero attached hydrogens (tertiary/aromatic N) is 1. The fraction of sp³-hybridized carbons (Fsp3) is 0.545. The maximum Gasteiger partial charge on any atom is 0.365 e. The molecule has 0 aromatic carbocycles. The van der Waals surface area contributed by atoms with E-state index < -0.39 is 5.97 Å². The van der Waals surface area contributed by atoms with Crippen molar-refractivity contribution in [2.75, 3.05) is 20.3 Å². The number of aromatic nitrogens is 1. The summed E-state index contributed by atoms with van der Waals surface area (Å²) < 4.78 is 4.83. The summed E-state index contributed by atoms with van der Waals surface area (Å²) in [7, 11) is 1.57. The molecule has 1 heterocycles. The predicted octanol–water partition coefficient (Wildman–Crippen LogP) is 0.0820. The molecule has 0 saturated carbocycles. The van der Waals surface area contributed by atoms with Crippen LogP contribution in [0.3, 0.4) is 0 Å². The van der Waals surface area contributed by atoms with Crippen LogP contribution in [0.4, 0.5) is 0 Å². The monoisotopic (exact) mass is 287 g/mol. The van der Waals surface area contributed by atoms with Gasteiger partial charge in [-0.25, -0.2) is 9.78 Å². The summed E-state index contributed by atoms with van der Waals surface area (Å²) in [4.78, 5) is 26.2. The highest BCUT2D eigenvalue weighted by molar-refractivity contribution is 7.11. The van der Waals surface area contributed by atoms with Gasteiger partial charge in [0.2, 0.25) is 10.9 Å². The van der Waals surface area contributed by atoms with E-state index in [0.29, 0.717) is 25.4 Å². The van der Waals surface area contributed by atoms with Gasteiger partial charge in [-0.2, -0.15) is 0 Å². The van der Waals surface area contributed by atoms with Crippen LogP contribution in [0.2, 0.25) is 0 Å². The summed E-state index contributed by atoms with van der Waals surface area (Å²) in [6.45, 7) is 3.00. The third kappa shape index (κ3) is 5.33. The Morgan fingerprint density at radius 1 is 1.58 bits per heavy atom. The number of aromatic carboxylic acids is 1. The van der Waals surface area contributed by atoms with Gasteiger partial charge in [0, 0.05) is 25.6 Å². The first kappa shape index (κ1) is 15.5. The molecule has 0 aliphatic heterocycles. The second-order valence-electron chi connectivity index (χ2n) is 3.84. The molecule has 7 nitrogen and oxygen atoms in total. The van der Waals surface area contributed by atoms with Crippen molar-refractivity contribution >= 4 is 23.2 Å². The molecule has 0 aliphatic carbocycles. The van der Waals surface area contributed by atoms with E-state index in [1.165, 1.54) is 0 Å². The zero-order valence-electron chi connectivity index (χ0n) is 10.8. The minimum atomic E-state index is -1.04. The molecule has 1 rings (SSSR count). The molecule has 1 aromatic rings. The van der Waals surface area contributed by atoms with E-state index in [4.69, 9.17) is 9.84 Å². The number of amides is 1. The van der Waals surface area contributed by atoms with Gasteiger partial charge in [-0.05, 0) is 6.92 Å². The van der Waals surface area contributed by atoms with E-state index in [0.717, 1.165) is 11.3 Å². The molecule has 0 spiro atoms. The smallest absolute Gasteiger partial charge is 0.365 e. The Balaban J connectivity index is 2.34. The van der Waals surface area contributed by atoms with Crippen LogP contribution in [0.5, 0.6) is 0 Å². The highest BCUT2D eigenvalue weighted by atomic mass is 32.1. The summed E-state index contributed by atoms with van der Waals surface area (Å²) in [5, 5.41) is 16.1. The Hall–Kier alpha value is -1.51. The SMILES string of the molecule is COCCNC(=O)C(C)NCc1csc(C(=O)O)n1. The van der Waals surface area contributed by atoms with Gasteiger partial charge in [0.25, 0.3) is 0 Å². The molecule has 1 amide bonds. The molecule has 19 heavy (non-hydrogen) atoms. The van der Waals surface area contributed by atoms with Crippen molar-refractivity contribution in [3.8, 4) is 0 Å².